The van der Waals surface area contributed by atoms with Crippen LogP contribution in [-0.4, -0.2) is 49.8 Å². The lowest BCUT2D eigenvalue weighted by Gasteiger charge is -2.25. The van der Waals surface area contributed by atoms with Crippen molar-refractivity contribution in [3.05, 3.63) is 65.5 Å². The highest BCUT2D eigenvalue weighted by Crippen LogP contribution is 2.46. The van der Waals surface area contributed by atoms with E-state index in [4.69, 9.17) is 13.9 Å². The lowest BCUT2D eigenvalue weighted by molar-refractivity contribution is 0.00691. The SMILES string of the molecule is CCN(CC)c1ccc2c(-c3ccc(C(=O)OC(C)(C)C)cc3SC3CCCCO3)c3ccc(=[N+](CC)CC)cc-3oc2c1. The van der Waals surface area contributed by atoms with Crippen molar-refractivity contribution in [3.8, 4) is 22.5 Å². The number of esters is 1. The molecule has 3 aliphatic rings. The van der Waals surface area contributed by atoms with Crippen molar-refractivity contribution >= 4 is 34.4 Å². The molecule has 5 rings (SSSR count). The molecule has 1 aliphatic carbocycles. The molecule has 2 heterocycles. The Hall–Kier alpha value is -3.29. The van der Waals surface area contributed by atoms with Crippen LogP contribution in [0, 0.1) is 0 Å². The Kier molecular flexibility index (Phi) is 10.1. The minimum Gasteiger partial charge on any atom is -0.456 e. The molecule has 0 spiro atoms. The van der Waals surface area contributed by atoms with Crippen molar-refractivity contribution in [2.75, 3.05) is 37.7 Å². The summed E-state index contributed by atoms with van der Waals surface area (Å²) in [5.74, 6) is 0.524. The van der Waals surface area contributed by atoms with Gasteiger partial charge in [0.2, 0.25) is 5.36 Å². The van der Waals surface area contributed by atoms with Gasteiger partial charge >= 0.3 is 5.97 Å². The predicted octanol–water partition coefficient (Wildman–Crippen LogP) is 8.44. The smallest absolute Gasteiger partial charge is 0.338 e. The molecule has 234 valence electrons. The topological polar surface area (TPSA) is 54.9 Å². The van der Waals surface area contributed by atoms with Gasteiger partial charge < -0.3 is 18.8 Å². The molecule has 0 radical (unpaired) electrons. The maximum atomic E-state index is 13.2. The number of thioether (sulfide) groups is 1. The number of carbonyl (C=O) groups is 1. The maximum absolute atomic E-state index is 13.2. The molecule has 1 unspecified atom stereocenters. The number of anilines is 1. The van der Waals surface area contributed by atoms with E-state index in [1.54, 1.807) is 11.8 Å². The van der Waals surface area contributed by atoms with E-state index < -0.39 is 5.60 Å². The Morgan fingerprint density at radius 3 is 2.36 bits per heavy atom. The molecule has 44 heavy (non-hydrogen) atoms. The molecule has 2 aromatic rings. The summed E-state index contributed by atoms with van der Waals surface area (Å²) in [4.78, 5) is 16.6. The molecule has 6 nitrogen and oxygen atoms in total. The summed E-state index contributed by atoms with van der Waals surface area (Å²) in [7, 11) is 0. The van der Waals surface area contributed by atoms with Gasteiger partial charge in [-0.05, 0) is 104 Å². The fourth-order valence-electron chi connectivity index (χ4n) is 5.96. The maximum Gasteiger partial charge on any atom is 0.338 e. The Morgan fingerprint density at radius 2 is 1.70 bits per heavy atom. The van der Waals surface area contributed by atoms with Crippen LogP contribution in [0.1, 0.15) is 78.1 Å². The number of hydrogen-bond donors (Lipinski definition) is 0. The summed E-state index contributed by atoms with van der Waals surface area (Å²) in [5.41, 5.74) is 5.20. The molecular weight excluding hydrogens is 568 g/mol. The minimum atomic E-state index is -0.575. The summed E-state index contributed by atoms with van der Waals surface area (Å²) in [6, 6.07) is 19.1. The van der Waals surface area contributed by atoms with Crippen molar-refractivity contribution < 1.29 is 18.7 Å². The van der Waals surface area contributed by atoms with Gasteiger partial charge in [-0.15, -0.1) is 0 Å². The fraction of sp³-hybridized carbons (Fsp3) is 0.459. The van der Waals surface area contributed by atoms with Crippen LogP contribution >= 0.6 is 11.8 Å². The van der Waals surface area contributed by atoms with Crippen LogP contribution in [-0.2, 0) is 9.47 Å². The molecule has 1 saturated heterocycles. The highest BCUT2D eigenvalue weighted by atomic mass is 32.2. The molecule has 1 fully saturated rings. The largest absolute Gasteiger partial charge is 0.456 e. The molecular formula is C37H47N2O4S+. The Morgan fingerprint density at radius 1 is 0.955 bits per heavy atom. The summed E-state index contributed by atoms with van der Waals surface area (Å²) in [5, 5.41) is 2.18. The third-order valence-electron chi connectivity index (χ3n) is 8.23. The average molecular weight is 616 g/mol. The Bertz CT molecular complexity index is 1650. The van der Waals surface area contributed by atoms with E-state index in [-0.39, 0.29) is 11.4 Å². The molecule has 2 aliphatic heterocycles. The van der Waals surface area contributed by atoms with E-state index >= 15 is 0 Å². The molecule has 0 bridgehead atoms. The number of fused-ring (bicyclic) bond motifs is 2. The second-order valence-electron chi connectivity index (χ2n) is 12.3. The van der Waals surface area contributed by atoms with Gasteiger partial charge in [0, 0.05) is 58.9 Å². The highest BCUT2D eigenvalue weighted by Gasteiger charge is 2.26. The first-order chi connectivity index (χ1) is 21.1. The number of ether oxygens (including phenoxy) is 2. The Labute approximate surface area is 266 Å². The standard InChI is InChI=1S/C37H47N2O4S/c1-8-38(9-2)26-16-19-28-31(23-26)42-32-24-27(39(10-3)11-4)17-20-29(32)35(28)30-18-15-25(36(40)43-37(5,6)7)22-33(30)44-34-14-12-13-21-41-34/h15-20,22-24,34H,8-14,21H2,1-7H3/q+1. The first-order valence-corrected chi connectivity index (χ1v) is 17.0. The lowest BCUT2D eigenvalue weighted by atomic mass is 9.92. The van der Waals surface area contributed by atoms with Crippen molar-refractivity contribution in [1.82, 2.24) is 4.58 Å². The Balaban J connectivity index is 1.78. The number of carbonyl (C=O) groups excluding carboxylic acids is 1. The van der Waals surface area contributed by atoms with E-state index in [1.165, 1.54) is 0 Å². The monoisotopic (exact) mass is 615 g/mol. The van der Waals surface area contributed by atoms with E-state index in [0.29, 0.717) is 5.56 Å². The lowest BCUT2D eigenvalue weighted by Crippen LogP contribution is -2.29. The predicted molar refractivity (Wildman–Crippen MR) is 183 cm³/mol. The second-order valence-corrected chi connectivity index (χ2v) is 13.5. The number of benzene rings is 3. The van der Waals surface area contributed by atoms with Gasteiger partial charge in [-0.3, -0.25) is 0 Å². The van der Waals surface area contributed by atoms with E-state index in [2.05, 4.69) is 79.6 Å². The zero-order chi connectivity index (χ0) is 31.4. The molecule has 2 aromatic carbocycles. The zero-order valence-corrected chi connectivity index (χ0v) is 28.2. The highest BCUT2D eigenvalue weighted by molar-refractivity contribution is 8.00. The number of nitrogens with zero attached hydrogens (tertiary/aromatic N) is 2. The summed E-state index contributed by atoms with van der Waals surface area (Å²) in [6.07, 6.45) is 3.20. The van der Waals surface area contributed by atoms with Crippen molar-refractivity contribution in [3.63, 3.8) is 0 Å². The van der Waals surface area contributed by atoms with Crippen LogP contribution in [0.25, 0.3) is 33.4 Å². The third kappa shape index (κ3) is 7.00. The molecule has 0 aromatic heterocycles. The normalized spacial score (nSPS) is 15.5. The minimum absolute atomic E-state index is 0.0332. The molecule has 0 amide bonds. The molecule has 1 atom stereocenters. The molecule has 7 heteroatoms. The molecule has 0 saturated carbocycles. The van der Waals surface area contributed by atoms with Crippen LogP contribution in [0.2, 0.25) is 0 Å². The molecule has 0 N–H and O–H groups in total. The quantitative estimate of drug-likeness (QED) is 0.107. The van der Waals surface area contributed by atoms with Crippen molar-refractivity contribution in [2.45, 2.75) is 83.7 Å². The third-order valence-corrected chi connectivity index (χ3v) is 9.45. The second kappa shape index (κ2) is 13.8. The number of rotatable bonds is 9. The van der Waals surface area contributed by atoms with E-state index in [0.717, 1.165) is 101 Å². The van der Waals surface area contributed by atoms with E-state index in [9.17, 15) is 4.79 Å². The van der Waals surface area contributed by atoms with Crippen LogP contribution in [0.3, 0.4) is 0 Å². The zero-order valence-electron chi connectivity index (χ0n) is 27.4. The summed E-state index contributed by atoms with van der Waals surface area (Å²) in [6.45, 7) is 18.8. The van der Waals surface area contributed by atoms with Gasteiger partial charge in [0.1, 0.15) is 35.5 Å². The van der Waals surface area contributed by atoms with Crippen molar-refractivity contribution in [1.29, 1.82) is 0 Å². The first-order valence-electron chi connectivity index (χ1n) is 16.1. The average Bonchev–Trinajstić information content (AvgIpc) is 3.01. The first kappa shape index (κ1) is 32.1. The summed E-state index contributed by atoms with van der Waals surface area (Å²) < 4.78 is 21.0. The van der Waals surface area contributed by atoms with Gasteiger partial charge in [-0.1, -0.05) is 17.8 Å². The van der Waals surface area contributed by atoms with Gasteiger partial charge in [0.15, 0.2) is 0 Å². The van der Waals surface area contributed by atoms with Crippen LogP contribution < -0.4 is 14.8 Å². The number of hydrogen-bond acceptors (Lipinski definition) is 6. The van der Waals surface area contributed by atoms with Crippen LogP contribution in [0.15, 0.2) is 63.9 Å². The van der Waals surface area contributed by atoms with Crippen LogP contribution in [0.4, 0.5) is 5.69 Å². The van der Waals surface area contributed by atoms with Gasteiger partial charge in [-0.25, -0.2) is 9.37 Å². The van der Waals surface area contributed by atoms with Gasteiger partial charge in [0.25, 0.3) is 0 Å². The summed E-state index contributed by atoms with van der Waals surface area (Å²) >= 11 is 1.71. The van der Waals surface area contributed by atoms with Gasteiger partial charge in [0.05, 0.1) is 11.6 Å². The van der Waals surface area contributed by atoms with Crippen LogP contribution in [0.5, 0.6) is 0 Å². The van der Waals surface area contributed by atoms with Gasteiger partial charge in [-0.2, -0.15) is 0 Å². The fourth-order valence-corrected chi connectivity index (χ4v) is 7.19. The van der Waals surface area contributed by atoms with E-state index in [1.807, 2.05) is 32.9 Å². The van der Waals surface area contributed by atoms with Crippen molar-refractivity contribution in [2.24, 2.45) is 0 Å².